The Kier molecular flexibility index (Phi) is 3.41. The number of nitrogens with zero attached hydrogens (tertiary/aromatic N) is 2. The molecule has 0 saturated carbocycles. The van der Waals surface area contributed by atoms with Gasteiger partial charge in [0.1, 0.15) is 0 Å². The first kappa shape index (κ1) is 13.3. The van der Waals surface area contributed by atoms with Crippen LogP contribution in [0.4, 0.5) is 5.82 Å². The van der Waals surface area contributed by atoms with Gasteiger partial charge in [0.15, 0.2) is 0 Å². The van der Waals surface area contributed by atoms with Gasteiger partial charge in [-0.1, -0.05) is 13.3 Å². The first-order valence-corrected chi connectivity index (χ1v) is 6.16. The molecule has 0 radical (unpaired) electrons. The van der Waals surface area contributed by atoms with E-state index in [-0.39, 0.29) is 12.4 Å². The molecule has 1 aromatic rings. The molecule has 104 valence electrons. The molecular weight excluding hydrogens is 252 g/mol. The van der Waals surface area contributed by atoms with E-state index < -0.39 is 22.6 Å². The molecule has 1 unspecified atom stereocenters. The summed E-state index contributed by atoms with van der Waals surface area (Å²) in [5.41, 5.74) is -2.11. The van der Waals surface area contributed by atoms with Gasteiger partial charge in [0.25, 0.3) is 5.56 Å². The van der Waals surface area contributed by atoms with Gasteiger partial charge in [-0.2, -0.15) is 0 Å². The fourth-order valence-corrected chi connectivity index (χ4v) is 2.57. The van der Waals surface area contributed by atoms with E-state index in [1.165, 1.54) is 0 Å². The Morgan fingerprint density at radius 2 is 2.26 bits per heavy atom. The largest absolute Gasteiger partial charge is 0.481 e. The summed E-state index contributed by atoms with van der Waals surface area (Å²) in [5.74, 6) is -0.781. The van der Waals surface area contributed by atoms with Crippen molar-refractivity contribution in [1.82, 2.24) is 15.2 Å². The molecule has 1 fully saturated rings. The quantitative estimate of drug-likeness (QED) is 0.679. The lowest BCUT2D eigenvalue weighted by atomic mass is 9.83. The van der Waals surface area contributed by atoms with Crippen molar-refractivity contribution in [2.75, 3.05) is 18.0 Å². The van der Waals surface area contributed by atoms with E-state index in [1.807, 2.05) is 6.92 Å². The summed E-state index contributed by atoms with van der Waals surface area (Å²) in [5, 5.41) is 15.2. The molecule has 1 atom stereocenters. The van der Waals surface area contributed by atoms with Crippen molar-refractivity contribution < 1.29 is 9.90 Å². The minimum atomic E-state index is -0.849. The number of carbonyl (C=O) groups is 1. The number of carboxylic acid groups (broad SMARTS) is 1. The maximum atomic E-state index is 11.6. The molecule has 1 aliphatic heterocycles. The Balaban J connectivity index is 2.28. The highest BCUT2D eigenvalue weighted by Gasteiger charge is 2.44. The predicted molar refractivity (Wildman–Crippen MR) is 67.3 cm³/mol. The molecule has 19 heavy (non-hydrogen) atoms. The van der Waals surface area contributed by atoms with Crippen LogP contribution in [0.5, 0.6) is 0 Å². The lowest BCUT2D eigenvalue weighted by Crippen LogP contribution is -2.38. The maximum absolute atomic E-state index is 11.6. The van der Waals surface area contributed by atoms with E-state index in [9.17, 15) is 19.5 Å². The molecule has 1 aliphatic rings. The number of H-pyrrole nitrogens is 2. The first-order valence-electron chi connectivity index (χ1n) is 6.16. The minimum Gasteiger partial charge on any atom is -0.481 e. The molecule has 8 heteroatoms. The normalized spacial score (nSPS) is 22.7. The summed E-state index contributed by atoms with van der Waals surface area (Å²) in [6.45, 7) is 2.60. The second kappa shape index (κ2) is 4.87. The zero-order valence-electron chi connectivity index (χ0n) is 10.6. The van der Waals surface area contributed by atoms with Gasteiger partial charge < -0.3 is 10.0 Å². The van der Waals surface area contributed by atoms with E-state index in [0.29, 0.717) is 19.4 Å². The predicted octanol–water partition coefficient (Wildman–Crippen LogP) is -0.461. The van der Waals surface area contributed by atoms with Crippen molar-refractivity contribution in [2.24, 2.45) is 5.41 Å². The first-order chi connectivity index (χ1) is 8.98. The highest BCUT2D eigenvalue weighted by Crippen LogP contribution is 2.36. The lowest BCUT2D eigenvalue weighted by Gasteiger charge is -2.24. The summed E-state index contributed by atoms with van der Waals surface area (Å²) in [6.07, 6.45) is 1.78. The smallest absolute Gasteiger partial charge is 0.342 e. The van der Waals surface area contributed by atoms with Crippen LogP contribution in [0.15, 0.2) is 9.59 Å². The number of anilines is 1. The topological polar surface area (TPSA) is 119 Å². The average Bonchev–Trinajstić information content (AvgIpc) is 2.75. The Hall–Kier alpha value is -2.12. The fourth-order valence-electron chi connectivity index (χ4n) is 2.57. The van der Waals surface area contributed by atoms with Crippen molar-refractivity contribution in [3.05, 3.63) is 20.8 Å². The zero-order valence-corrected chi connectivity index (χ0v) is 10.6. The van der Waals surface area contributed by atoms with Crippen LogP contribution in [0.2, 0.25) is 0 Å². The summed E-state index contributed by atoms with van der Waals surface area (Å²) >= 11 is 0. The number of aromatic nitrogens is 3. The van der Waals surface area contributed by atoms with Crippen LogP contribution in [-0.2, 0) is 4.79 Å². The lowest BCUT2D eigenvalue weighted by molar-refractivity contribution is -0.148. The number of aromatic amines is 2. The van der Waals surface area contributed by atoms with Crippen molar-refractivity contribution >= 4 is 11.8 Å². The SMILES string of the molecule is CCCC1(C(=O)O)CCN(c2n[nH]c(=O)[nH]c2=O)C1. The number of aliphatic carboxylic acids is 1. The second-order valence-corrected chi connectivity index (χ2v) is 4.84. The van der Waals surface area contributed by atoms with Crippen LogP contribution in [0.25, 0.3) is 0 Å². The number of hydrogen-bond donors (Lipinski definition) is 3. The van der Waals surface area contributed by atoms with Gasteiger partial charge in [-0.05, 0) is 12.8 Å². The van der Waals surface area contributed by atoms with Gasteiger partial charge in [-0.15, -0.1) is 5.10 Å². The van der Waals surface area contributed by atoms with Crippen molar-refractivity contribution in [3.8, 4) is 0 Å². The van der Waals surface area contributed by atoms with Gasteiger partial charge in [0, 0.05) is 13.1 Å². The molecule has 0 amide bonds. The van der Waals surface area contributed by atoms with Crippen LogP contribution in [0.3, 0.4) is 0 Å². The number of hydrogen-bond acceptors (Lipinski definition) is 5. The van der Waals surface area contributed by atoms with Crippen LogP contribution >= 0.6 is 0 Å². The van der Waals surface area contributed by atoms with Gasteiger partial charge in [-0.25, -0.2) is 9.89 Å². The molecule has 0 spiro atoms. The number of rotatable bonds is 4. The molecule has 0 aliphatic carbocycles. The van der Waals surface area contributed by atoms with Gasteiger partial charge in [0.05, 0.1) is 5.41 Å². The third-order valence-corrected chi connectivity index (χ3v) is 3.53. The summed E-state index contributed by atoms with van der Waals surface area (Å²) in [6, 6.07) is 0. The van der Waals surface area contributed by atoms with E-state index in [1.54, 1.807) is 4.90 Å². The van der Waals surface area contributed by atoms with E-state index in [4.69, 9.17) is 0 Å². The summed E-state index contributed by atoms with van der Waals surface area (Å²) in [7, 11) is 0. The molecule has 2 rings (SSSR count). The Morgan fingerprint density at radius 1 is 1.53 bits per heavy atom. The number of carboxylic acids is 1. The zero-order chi connectivity index (χ0) is 14.0. The van der Waals surface area contributed by atoms with Crippen LogP contribution in [-0.4, -0.2) is 39.3 Å². The minimum absolute atomic E-state index is 0.0684. The summed E-state index contributed by atoms with van der Waals surface area (Å²) in [4.78, 5) is 37.7. The van der Waals surface area contributed by atoms with Crippen molar-refractivity contribution in [3.63, 3.8) is 0 Å². The molecule has 3 N–H and O–H groups in total. The maximum Gasteiger partial charge on any atom is 0.342 e. The van der Waals surface area contributed by atoms with Crippen LogP contribution in [0, 0.1) is 5.41 Å². The Labute approximate surface area is 108 Å². The van der Waals surface area contributed by atoms with Crippen LogP contribution < -0.4 is 16.1 Å². The highest BCUT2D eigenvalue weighted by atomic mass is 16.4. The van der Waals surface area contributed by atoms with Gasteiger partial charge in [-0.3, -0.25) is 14.6 Å². The van der Waals surface area contributed by atoms with E-state index in [2.05, 4.69) is 15.2 Å². The third kappa shape index (κ3) is 2.38. The van der Waals surface area contributed by atoms with Gasteiger partial charge in [0.2, 0.25) is 5.82 Å². The van der Waals surface area contributed by atoms with Crippen molar-refractivity contribution in [1.29, 1.82) is 0 Å². The number of nitrogens with one attached hydrogen (secondary N) is 2. The summed E-state index contributed by atoms with van der Waals surface area (Å²) < 4.78 is 0. The molecule has 2 heterocycles. The standard InChI is InChI=1S/C11H16N4O4/c1-2-3-11(9(17)18)4-5-15(6-11)7-8(16)12-10(19)14-13-7/h2-6H2,1H3,(H,17,18)(H2,12,14,16,19). The molecule has 1 saturated heterocycles. The van der Waals surface area contributed by atoms with Crippen molar-refractivity contribution in [2.45, 2.75) is 26.2 Å². The molecule has 0 aromatic carbocycles. The Bertz CT molecular complexity index is 593. The third-order valence-electron chi connectivity index (χ3n) is 3.53. The fraction of sp³-hybridized carbons (Fsp3) is 0.636. The monoisotopic (exact) mass is 268 g/mol. The average molecular weight is 268 g/mol. The Morgan fingerprint density at radius 3 is 2.84 bits per heavy atom. The highest BCUT2D eigenvalue weighted by molar-refractivity contribution is 5.76. The molecule has 8 nitrogen and oxygen atoms in total. The molecule has 0 bridgehead atoms. The second-order valence-electron chi connectivity index (χ2n) is 4.84. The molecular formula is C11H16N4O4. The van der Waals surface area contributed by atoms with E-state index >= 15 is 0 Å². The van der Waals surface area contributed by atoms with Gasteiger partial charge >= 0.3 is 11.7 Å². The molecule has 1 aromatic heterocycles. The van der Waals surface area contributed by atoms with Crippen LogP contribution in [0.1, 0.15) is 26.2 Å². The van der Waals surface area contributed by atoms with E-state index in [0.717, 1.165) is 6.42 Å².